The first-order valence-electron chi connectivity index (χ1n) is 9.74. The van der Waals surface area contributed by atoms with Gasteiger partial charge in [0.05, 0.1) is 0 Å². The van der Waals surface area contributed by atoms with Crippen LogP contribution in [0.5, 0.6) is 0 Å². The van der Waals surface area contributed by atoms with Crippen LogP contribution >= 0.6 is 53.4 Å². The molecule has 0 unspecified atom stereocenters. The Hall–Kier alpha value is -2.34. The molecule has 0 aliphatic heterocycles. The zero-order valence-corrected chi connectivity index (χ0v) is 21.6. The van der Waals surface area contributed by atoms with Crippen LogP contribution in [0.4, 0.5) is 0 Å². The van der Waals surface area contributed by atoms with E-state index in [4.69, 9.17) is 0 Å². The molecule has 0 N–H and O–H groups in total. The van der Waals surface area contributed by atoms with Crippen LogP contribution in [0.15, 0.2) is 116 Å². The highest BCUT2D eigenvalue weighted by molar-refractivity contribution is 9.10. The molecule has 0 aromatic heterocycles. The maximum Gasteiger partial charge on any atom is 0.0249 e. The zero-order chi connectivity index (χ0) is 22.2. The minimum Gasteiger partial charge on any atom is -0.0617 e. The van der Waals surface area contributed by atoms with Crippen molar-refractivity contribution in [3.05, 3.63) is 128 Å². The smallest absolute Gasteiger partial charge is 0.0249 e. The van der Waals surface area contributed by atoms with Crippen molar-refractivity contribution in [3.8, 4) is 23.7 Å². The fourth-order valence-corrected chi connectivity index (χ4v) is 5.10. The van der Waals surface area contributed by atoms with E-state index in [9.17, 15) is 0 Å². The van der Waals surface area contributed by atoms with Gasteiger partial charge in [-0.3, -0.25) is 0 Å². The van der Waals surface area contributed by atoms with Crippen molar-refractivity contribution >= 4 is 53.4 Å². The molecule has 154 valence electrons. The van der Waals surface area contributed by atoms with Crippen LogP contribution in [-0.4, -0.2) is 0 Å². The lowest BCUT2D eigenvalue weighted by Crippen LogP contribution is -1.77. The third kappa shape index (κ3) is 7.09. The van der Waals surface area contributed by atoms with Gasteiger partial charge in [0.15, 0.2) is 0 Å². The first-order valence-corrected chi connectivity index (χ1v) is 13.5. The molecule has 0 spiro atoms. The highest BCUT2D eigenvalue weighted by Gasteiger charge is 1.99. The van der Waals surface area contributed by atoms with Crippen molar-refractivity contribution in [2.24, 2.45) is 0 Å². The molecule has 0 radical (unpaired) electrons. The molecule has 0 aliphatic carbocycles. The summed E-state index contributed by atoms with van der Waals surface area (Å²) in [5.74, 6) is 12.8. The summed E-state index contributed by atoms with van der Waals surface area (Å²) in [5.41, 5.74) is 4.03. The first kappa shape index (κ1) is 22.8. The normalized spacial score (nSPS) is 9.94. The van der Waals surface area contributed by atoms with Crippen molar-refractivity contribution < 1.29 is 0 Å². The molecule has 0 bridgehead atoms. The number of hydrogen-bond donors (Lipinski definition) is 0. The first-order chi connectivity index (χ1) is 15.6. The topological polar surface area (TPSA) is 0 Å². The predicted molar refractivity (Wildman–Crippen MR) is 145 cm³/mol. The average Bonchev–Trinajstić information content (AvgIpc) is 2.83. The van der Waals surface area contributed by atoms with E-state index in [1.807, 2.05) is 48.5 Å². The number of halogens is 2. The van der Waals surface area contributed by atoms with E-state index in [-0.39, 0.29) is 0 Å². The summed E-state index contributed by atoms with van der Waals surface area (Å²) in [7, 11) is 3.48. The van der Waals surface area contributed by atoms with E-state index in [0.717, 1.165) is 31.2 Å². The molecule has 0 atom stereocenters. The SMILES string of the molecule is Brc1ccc(C#Cc2ccc(SSc3ccc(C#Cc4ccc(Br)cc4)cc3)cc2)cc1. The van der Waals surface area contributed by atoms with Gasteiger partial charge in [0.2, 0.25) is 0 Å². The van der Waals surface area contributed by atoms with Crippen LogP contribution in [0, 0.1) is 23.7 Å². The molecule has 0 saturated carbocycles. The van der Waals surface area contributed by atoms with Crippen molar-refractivity contribution in [3.63, 3.8) is 0 Å². The van der Waals surface area contributed by atoms with Gasteiger partial charge >= 0.3 is 0 Å². The summed E-state index contributed by atoms with van der Waals surface area (Å²) in [6.07, 6.45) is 0. The Balaban J connectivity index is 1.32. The molecule has 0 aliphatic rings. The molecule has 0 fully saturated rings. The third-order valence-corrected chi connectivity index (χ3v) is 7.81. The van der Waals surface area contributed by atoms with E-state index in [2.05, 4.69) is 104 Å². The second kappa shape index (κ2) is 11.5. The van der Waals surface area contributed by atoms with Gasteiger partial charge in [-0.1, -0.05) is 77.1 Å². The van der Waals surface area contributed by atoms with E-state index in [0.29, 0.717) is 0 Å². The molecule has 4 aromatic rings. The summed E-state index contributed by atoms with van der Waals surface area (Å²) in [6, 6.07) is 32.8. The maximum absolute atomic E-state index is 3.44. The Kier molecular flexibility index (Phi) is 8.21. The van der Waals surface area contributed by atoms with E-state index >= 15 is 0 Å². The highest BCUT2D eigenvalue weighted by atomic mass is 79.9. The standard InChI is InChI=1S/C28H16Br2S2/c29-25-13-5-21(6-14-25)1-3-23-9-17-27(18-10-23)31-32-28-19-11-24(12-20-28)4-2-22-7-15-26(30)16-8-22/h5-20H. The van der Waals surface area contributed by atoms with Crippen LogP contribution in [0.25, 0.3) is 0 Å². The fourth-order valence-electron chi connectivity index (χ4n) is 2.64. The molecule has 0 heterocycles. The molecule has 32 heavy (non-hydrogen) atoms. The van der Waals surface area contributed by atoms with Gasteiger partial charge in [0.1, 0.15) is 0 Å². The number of hydrogen-bond acceptors (Lipinski definition) is 2. The van der Waals surface area contributed by atoms with Gasteiger partial charge in [0.25, 0.3) is 0 Å². The summed E-state index contributed by atoms with van der Waals surface area (Å²) >= 11 is 6.88. The Labute approximate surface area is 213 Å². The fraction of sp³-hybridized carbons (Fsp3) is 0. The quantitative estimate of drug-likeness (QED) is 0.177. The third-order valence-electron chi connectivity index (χ3n) is 4.33. The second-order valence-electron chi connectivity index (χ2n) is 6.73. The average molecular weight is 576 g/mol. The zero-order valence-electron chi connectivity index (χ0n) is 16.8. The van der Waals surface area contributed by atoms with Crippen molar-refractivity contribution in [2.45, 2.75) is 9.79 Å². The number of benzene rings is 4. The predicted octanol–water partition coefficient (Wildman–Crippen LogP) is 8.81. The molecule has 4 rings (SSSR count). The minimum absolute atomic E-state index is 1.01. The lowest BCUT2D eigenvalue weighted by molar-refractivity contribution is 1.45. The molecular weight excluding hydrogens is 560 g/mol. The molecule has 0 amide bonds. The van der Waals surface area contributed by atoms with Gasteiger partial charge in [-0.15, -0.1) is 0 Å². The van der Waals surface area contributed by atoms with Crippen LogP contribution in [0.1, 0.15) is 22.3 Å². The Morgan fingerprint density at radius 3 is 0.906 bits per heavy atom. The Bertz CT molecular complexity index is 1200. The Morgan fingerprint density at radius 2 is 0.625 bits per heavy atom. The van der Waals surface area contributed by atoms with E-state index in [1.54, 1.807) is 21.6 Å². The van der Waals surface area contributed by atoms with E-state index in [1.165, 1.54) is 9.79 Å². The molecule has 0 nitrogen and oxygen atoms in total. The lowest BCUT2D eigenvalue weighted by Gasteiger charge is -2.02. The maximum atomic E-state index is 3.44. The molecule has 4 aromatic carbocycles. The summed E-state index contributed by atoms with van der Waals surface area (Å²) < 4.78 is 2.12. The van der Waals surface area contributed by atoms with Gasteiger partial charge in [0, 0.05) is 41.0 Å². The van der Waals surface area contributed by atoms with Crippen molar-refractivity contribution in [2.75, 3.05) is 0 Å². The van der Waals surface area contributed by atoms with Crippen LogP contribution in [-0.2, 0) is 0 Å². The second-order valence-corrected chi connectivity index (χ2v) is 10.8. The van der Waals surface area contributed by atoms with Gasteiger partial charge in [-0.25, -0.2) is 0 Å². The number of rotatable bonds is 3. The van der Waals surface area contributed by atoms with Crippen LogP contribution in [0.3, 0.4) is 0 Å². The highest BCUT2D eigenvalue weighted by Crippen LogP contribution is 2.37. The monoisotopic (exact) mass is 574 g/mol. The van der Waals surface area contributed by atoms with Crippen LogP contribution in [0.2, 0.25) is 0 Å². The lowest BCUT2D eigenvalue weighted by atomic mass is 10.2. The Morgan fingerprint density at radius 1 is 0.375 bits per heavy atom. The van der Waals surface area contributed by atoms with Crippen molar-refractivity contribution in [1.82, 2.24) is 0 Å². The molecular formula is C28H16Br2S2. The summed E-state index contributed by atoms with van der Waals surface area (Å²) in [4.78, 5) is 2.39. The van der Waals surface area contributed by atoms with Gasteiger partial charge in [-0.05, 0) is 97.1 Å². The van der Waals surface area contributed by atoms with Crippen LogP contribution < -0.4 is 0 Å². The van der Waals surface area contributed by atoms with Gasteiger partial charge < -0.3 is 0 Å². The minimum atomic E-state index is 1.01. The molecule has 0 saturated heterocycles. The summed E-state index contributed by atoms with van der Waals surface area (Å²) in [6.45, 7) is 0. The summed E-state index contributed by atoms with van der Waals surface area (Å²) in [5, 5.41) is 0. The molecule has 4 heteroatoms. The largest absolute Gasteiger partial charge is 0.0617 e. The van der Waals surface area contributed by atoms with E-state index < -0.39 is 0 Å². The van der Waals surface area contributed by atoms with Crippen molar-refractivity contribution in [1.29, 1.82) is 0 Å². The van der Waals surface area contributed by atoms with Gasteiger partial charge in [-0.2, -0.15) is 0 Å².